The maximum Gasteiger partial charge on any atom is 0.417 e. The molecule has 0 saturated carbocycles. The van der Waals surface area contributed by atoms with Crippen LogP contribution in [0.1, 0.15) is 36.5 Å². The van der Waals surface area contributed by atoms with Crippen molar-refractivity contribution >= 4 is 10.9 Å². The van der Waals surface area contributed by atoms with E-state index in [9.17, 15) is 18.0 Å². The van der Waals surface area contributed by atoms with Crippen molar-refractivity contribution in [2.45, 2.75) is 32.5 Å². The van der Waals surface area contributed by atoms with Crippen LogP contribution in [0.2, 0.25) is 0 Å². The van der Waals surface area contributed by atoms with Crippen molar-refractivity contribution in [3.8, 4) is 0 Å². The van der Waals surface area contributed by atoms with E-state index < -0.39 is 23.2 Å². The summed E-state index contributed by atoms with van der Waals surface area (Å²) in [5.74, 6) is -0.507. The summed E-state index contributed by atoms with van der Waals surface area (Å²) in [7, 11) is 5.23. The Morgan fingerprint density at radius 2 is 1.83 bits per heavy atom. The molecule has 0 N–H and O–H groups in total. The van der Waals surface area contributed by atoms with Crippen LogP contribution in [0.5, 0.6) is 0 Å². The van der Waals surface area contributed by atoms with Gasteiger partial charge in [0.25, 0.3) is 5.56 Å². The van der Waals surface area contributed by atoms with Crippen LogP contribution in [0.25, 0.3) is 10.9 Å². The SMILES string of the molecule is CC(C)c1c(C(F)(F)F)c2cc(CN(C)C)ccc2n(C)c1=O. The van der Waals surface area contributed by atoms with E-state index in [2.05, 4.69) is 0 Å². The van der Waals surface area contributed by atoms with Gasteiger partial charge in [0.15, 0.2) is 0 Å². The van der Waals surface area contributed by atoms with Gasteiger partial charge < -0.3 is 9.47 Å². The molecule has 126 valence electrons. The normalized spacial score (nSPS) is 12.6. The summed E-state index contributed by atoms with van der Waals surface area (Å²) < 4.78 is 42.4. The summed E-state index contributed by atoms with van der Waals surface area (Å²) in [6.45, 7) is 3.76. The lowest BCUT2D eigenvalue weighted by molar-refractivity contribution is -0.137. The topological polar surface area (TPSA) is 25.2 Å². The Balaban J connectivity index is 2.95. The fraction of sp³-hybridized carbons (Fsp3) is 0.471. The van der Waals surface area contributed by atoms with Gasteiger partial charge in [-0.3, -0.25) is 4.79 Å². The standard InChI is InChI=1S/C17H21F3N2O/c1-10(2)14-15(17(18,19)20)12-8-11(9-21(3)4)6-7-13(12)22(5)16(14)23/h6-8,10H,9H2,1-5H3. The lowest BCUT2D eigenvalue weighted by Crippen LogP contribution is -2.28. The van der Waals surface area contributed by atoms with Crippen LogP contribution < -0.4 is 5.56 Å². The quantitative estimate of drug-likeness (QED) is 0.858. The fourth-order valence-corrected chi connectivity index (χ4v) is 2.92. The Kier molecular flexibility index (Phi) is 4.57. The average Bonchev–Trinajstić information content (AvgIpc) is 2.39. The number of pyridine rings is 1. The number of halogens is 3. The molecule has 1 aromatic carbocycles. The van der Waals surface area contributed by atoms with E-state index in [0.717, 1.165) is 5.56 Å². The molecule has 0 aliphatic heterocycles. The maximum atomic E-state index is 13.7. The van der Waals surface area contributed by atoms with Gasteiger partial charge in [0.2, 0.25) is 0 Å². The van der Waals surface area contributed by atoms with Crippen LogP contribution in [-0.4, -0.2) is 23.6 Å². The van der Waals surface area contributed by atoms with Crippen LogP contribution in [0, 0.1) is 0 Å². The third-order valence-electron chi connectivity index (χ3n) is 3.86. The van der Waals surface area contributed by atoms with Crippen molar-refractivity contribution in [1.82, 2.24) is 9.47 Å². The fourth-order valence-electron chi connectivity index (χ4n) is 2.92. The Morgan fingerprint density at radius 3 is 2.30 bits per heavy atom. The predicted octanol–water partition coefficient (Wildman–Crippen LogP) is 3.74. The van der Waals surface area contributed by atoms with Crippen LogP contribution >= 0.6 is 0 Å². The summed E-state index contributed by atoms with van der Waals surface area (Å²) in [6, 6.07) is 4.90. The Labute approximate surface area is 133 Å². The minimum Gasteiger partial charge on any atom is -0.311 e. The monoisotopic (exact) mass is 326 g/mol. The average molecular weight is 326 g/mol. The number of rotatable bonds is 3. The van der Waals surface area contributed by atoms with E-state index in [0.29, 0.717) is 12.1 Å². The number of fused-ring (bicyclic) bond motifs is 1. The highest BCUT2D eigenvalue weighted by atomic mass is 19.4. The Hall–Kier alpha value is -1.82. The second-order valence-electron chi connectivity index (χ2n) is 6.39. The molecule has 3 nitrogen and oxygen atoms in total. The van der Waals surface area contributed by atoms with Crippen molar-refractivity contribution in [2.24, 2.45) is 7.05 Å². The highest BCUT2D eigenvalue weighted by molar-refractivity contribution is 5.85. The molecule has 0 aliphatic rings. The van der Waals surface area contributed by atoms with Gasteiger partial charge in [0.05, 0.1) is 11.1 Å². The lowest BCUT2D eigenvalue weighted by Gasteiger charge is -2.20. The number of hydrogen-bond donors (Lipinski definition) is 0. The number of nitrogens with zero attached hydrogens (tertiary/aromatic N) is 2. The summed E-state index contributed by atoms with van der Waals surface area (Å²) in [5, 5.41) is 0.0858. The van der Waals surface area contributed by atoms with Gasteiger partial charge in [0.1, 0.15) is 0 Å². The van der Waals surface area contributed by atoms with Gasteiger partial charge in [-0.2, -0.15) is 13.2 Å². The minimum absolute atomic E-state index is 0.0858. The Bertz CT molecular complexity index is 789. The molecule has 1 heterocycles. The molecular weight excluding hydrogens is 305 g/mol. The molecule has 0 atom stereocenters. The van der Waals surface area contributed by atoms with Crippen molar-refractivity contribution < 1.29 is 13.2 Å². The number of aromatic nitrogens is 1. The largest absolute Gasteiger partial charge is 0.417 e. The second-order valence-corrected chi connectivity index (χ2v) is 6.39. The van der Waals surface area contributed by atoms with Gasteiger partial charge in [-0.15, -0.1) is 0 Å². The zero-order valence-electron chi connectivity index (χ0n) is 14.0. The van der Waals surface area contributed by atoms with E-state index in [-0.39, 0.29) is 10.9 Å². The molecule has 0 amide bonds. The van der Waals surface area contributed by atoms with Crippen molar-refractivity contribution in [2.75, 3.05) is 14.1 Å². The first kappa shape index (κ1) is 17.5. The molecule has 2 rings (SSSR count). The summed E-state index contributed by atoms with van der Waals surface area (Å²) in [6.07, 6.45) is -4.57. The highest BCUT2D eigenvalue weighted by Gasteiger charge is 2.38. The third-order valence-corrected chi connectivity index (χ3v) is 3.86. The number of benzene rings is 1. The molecule has 2 aromatic rings. The lowest BCUT2D eigenvalue weighted by atomic mass is 9.93. The van der Waals surface area contributed by atoms with E-state index in [4.69, 9.17) is 0 Å². The second kappa shape index (κ2) is 6.00. The van der Waals surface area contributed by atoms with Crippen molar-refractivity contribution in [3.63, 3.8) is 0 Å². The molecule has 0 radical (unpaired) electrons. The summed E-state index contributed by atoms with van der Waals surface area (Å²) >= 11 is 0. The summed E-state index contributed by atoms with van der Waals surface area (Å²) in [4.78, 5) is 14.3. The highest BCUT2D eigenvalue weighted by Crippen LogP contribution is 2.38. The molecule has 23 heavy (non-hydrogen) atoms. The van der Waals surface area contributed by atoms with Crippen LogP contribution in [0.15, 0.2) is 23.0 Å². The van der Waals surface area contributed by atoms with E-state index in [1.807, 2.05) is 19.0 Å². The number of aryl methyl sites for hydroxylation is 1. The van der Waals surface area contributed by atoms with Crippen LogP contribution in [0.3, 0.4) is 0 Å². The zero-order chi connectivity index (χ0) is 17.5. The van der Waals surface area contributed by atoms with Gasteiger partial charge >= 0.3 is 6.18 Å². The molecule has 0 aliphatic carbocycles. The molecule has 0 bridgehead atoms. The molecule has 0 fully saturated rings. The van der Waals surface area contributed by atoms with Gasteiger partial charge in [0, 0.05) is 24.5 Å². The number of alkyl halides is 3. The molecular formula is C17H21F3N2O. The maximum absolute atomic E-state index is 13.7. The molecule has 0 spiro atoms. The van der Waals surface area contributed by atoms with E-state index in [1.54, 1.807) is 32.0 Å². The molecule has 0 saturated heterocycles. The van der Waals surface area contributed by atoms with E-state index in [1.165, 1.54) is 11.6 Å². The first-order chi connectivity index (χ1) is 10.5. The summed E-state index contributed by atoms with van der Waals surface area (Å²) in [5.41, 5.74) is -0.475. The van der Waals surface area contributed by atoms with Crippen LogP contribution in [0.4, 0.5) is 13.2 Å². The van der Waals surface area contributed by atoms with Crippen molar-refractivity contribution in [1.29, 1.82) is 0 Å². The predicted molar refractivity (Wildman–Crippen MR) is 85.7 cm³/mol. The third kappa shape index (κ3) is 3.27. The van der Waals surface area contributed by atoms with Crippen LogP contribution in [-0.2, 0) is 19.8 Å². The van der Waals surface area contributed by atoms with Gasteiger partial charge in [-0.1, -0.05) is 19.9 Å². The zero-order valence-corrected chi connectivity index (χ0v) is 14.0. The number of hydrogen-bond acceptors (Lipinski definition) is 2. The first-order valence-electron chi connectivity index (χ1n) is 7.41. The molecule has 6 heteroatoms. The Morgan fingerprint density at radius 1 is 1.22 bits per heavy atom. The molecule has 0 unspecified atom stereocenters. The molecule has 1 aromatic heterocycles. The first-order valence-corrected chi connectivity index (χ1v) is 7.41. The van der Waals surface area contributed by atoms with Crippen molar-refractivity contribution in [3.05, 3.63) is 45.2 Å². The van der Waals surface area contributed by atoms with E-state index >= 15 is 0 Å². The van der Waals surface area contributed by atoms with Gasteiger partial charge in [-0.05, 0) is 37.7 Å². The minimum atomic E-state index is -4.57. The smallest absolute Gasteiger partial charge is 0.311 e. The van der Waals surface area contributed by atoms with Gasteiger partial charge in [-0.25, -0.2) is 0 Å².